The standard InChI is InChI=1S/C6H8N2O2S/c1-3-4-7-6(11-2)5-8(9)10/h1,5,7H,4H2,2H3. The first-order valence-corrected chi connectivity index (χ1v) is 3.99. The van der Waals surface area contributed by atoms with E-state index < -0.39 is 4.92 Å². The minimum absolute atomic E-state index is 0.306. The van der Waals surface area contributed by atoms with Gasteiger partial charge in [-0.2, -0.15) is 0 Å². The predicted octanol–water partition coefficient (Wildman–Crippen LogP) is 0.648. The molecule has 1 N–H and O–H groups in total. The van der Waals surface area contributed by atoms with E-state index in [4.69, 9.17) is 6.42 Å². The van der Waals surface area contributed by atoms with Crippen LogP contribution in [-0.4, -0.2) is 17.7 Å². The zero-order valence-corrected chi connectivity index (χ0v) is 6.85. The molecule has 0 saturated carbocycles. The number of hydrogen-bond acceptors (Lipinski definition) is 4. The van der Waals surface area contributed by atoms with Crippen molar-refractivity contribution in [2.75, 3.05) is 12.8 Å². The van der Waals surface area contributed by atoms with Crippen LogP contribution in [0.1, 0.15) is 0 Å². The molecule has 0 spiro atoms. The van der Waals surface area contributed by atoms with Gasteiger partial charge in [0.25, 0.3) is 6.20 Å². The number of terminal acetylenes is 1. The summed E-state index contributed by atoms with van der Waals surface area (Å²) in [4.78, 5) is 9.44. The largest absolute Gasteiger partial charge is 0.364 e. The molecule has 0 aromatic heterocycles. The summed E-state index contributed by atoms with van der Waals surface area (Å²) in [6.07, 6.45) is 7.57. The number of thioether (sulfide) groups is 1. The first-order chi connectivity index (χ1) is 5.20. The molecule has 0 aliphatic heterocycles. The summed E-state index contributed by atoms with van der Waals surface area (Å²) < 4.78 is 0. The highest BCUT2D eigenvalue weighted by atomic mass is 32.2. The maximum absolute atomic E-state index is 9.96. The van der Waals surface area contributed by atoms with Gasteiger partial charge in [-0.1, -0.05) is 5.92 Å². The van der Waals surface area contributed by atoms with E-state index in [1.807, 2.05) is 0 Å². The SMILES string of the molecule is C#CCNC(=C[N+](=O)[O-])SC. The highest BCUT2D eigenvalue weighted by Gasteiger charge is 1.97. The summed E-state index contributed by atoms with van der Waals surface area (Å²) in [6.45, 7) is 0.306. The van der Waals surface area contributed by atoms with Crippen LogP contribution in [0.4, 0.5) is 0 Å². The van der Waals surface area contributed by atoms with Crippen LogP contribution in [0.3, 0.4) is 0 Å². The first kappa shape index (κ1) is 9.85. The van der Waals surface area contributed by atoms with Crippen LogP contribution in [0, 0.1) is 22.5 Å². The number of hydrogen-bond donors (Lipinski definition) is 1. The Hall–Kier alpha value is -1.15. The van der Waals surface area contributed by atoms with Crippen LogP contribution in [0.2, 0.25) is 0 Å². The number of rotatable bonds is 4. The topological polar surface area (TPSA) is 55.2 Å². The van der Waals surface area contributed by atoms with Crippen molar-refractivity contribution < 1.29 is 4.92 Å². The summed E-state index contributed by atoms with van der Waals surface area (Å²) in [6, 6.07) is 0. The molecule has 0 amide bonds. The lowest BCUT2D eigenvalue weighted by Gasteiger charge is -1.99. The minimum Gasteiger partial charge on any atom is -0.364 e. The van der Waals surface area contributed by atoms with Crippen LogP contribution in [0.25, 0.3) is 0 Å². The third-order valence-corrected chi connectivity index (χ3v) is 1.50. The van der Waals surface area contributed by atoms with Gasteiger partial charge in [0, 0.05) is 0 Å². The summed E-state index contributed by atoms with van der Waals surface area (Å²) in [5.74, 6) is 2.32. The van der Waals surface area contributed by atoms with Gasteiger partial charge in [0.2, 0.25) is 0 Å². The molecule has 60 valence electrons. The van der Waals surface area contributed by atoms with E-state index in [0.717, 1.165) is 6.20 Å². The molecule has 0 heterocycles. The Labute approximate surface area is 69.2 Å². The molecule has 0 aromatic carbocycles. The smallest absolute Gasteiger partial charge is 0.263 e. The quantitative estimate of drug-likeness (QED) is 0.384. The highest BCUT2D eigenvalue weighted by Crippen LogP contribution is 2.05. The third-order valence-electron chi connectivity index (χ3n) is 0.807. The lowest BCUT2D eigenvalue weighted by molar-refractivity contribution is -0.403. The van der Waals surface area contributed by atoms with Gasteiger partial charge in [-0.05, 0) is 6.26 Å². The zero-order valence-electron chi connectivity index (χ0n) is 6.03. The summed E-state index contributed by atoms with van der Waals surface area (Å²) in [5, 5.41) is 13.1. The molecule has 0 aromatic rings. The Morgan fingerprint density at radius 1 is 2.00 bits per heavy atom. The van der Waals surface area contributed by atoms with Gasteiger partial charge in [-0.25, -0.2) is 0 Å². The molecule has 0 unspecified atom stereocenters. The van der Waals surface area contributed by atoms with Gasteiger partial charge in [-0.3, -0.25) is 10.1 Å². The molecular formula is C6H8N2O2S. The maximum atomic E-state index is 9.96. The van der Waals surface area contributed by atoms with Crippen LogP contribution < -0.4 is 5.32 Å². The molecule has 4 nitrogen and oxygen atoms in total. The van der Waals surface area contributed by atoms with Crippen molar-refractivity contribution in [1.82, 2.24) is 5.32 Å². The van der Waals surface area contributed by atoms with Crippen LogP contribution >= 0.6 is 11.8 Å². The number of nitrogens with zero attached hydrogens (tertiary/aromatic N) is 1. The van der Waals surface area contributed by atoms with E-state index in [2.05, 4.69) is 11.2 Å². The second-order valence-electron chi connectivity index (χ2n) is 1.54. The molecule has 0 saturated heterocycles. The van der Waals surface area contributed by atoms with Crippen molar-refractivity contribution in [2.24, 2.45) is 0 Å². The second kappa shape index (κ2) is 5.62. The third kappa shape index (κ3) is 5.30. The van der Waals surface area contributed by atoms with Crippen molar-refractivity contribution in [1.29, 1.82) is 0 Å². The van der Waals surface area contributed by atoms with Crippen molar-refractivity contribution >= 4 is 11.8 Å². The van der Waals surface area contributed by atoms with Crippen LogP contribution in [0.15, 0.2) is 11.2 Å². The monoisotopic (exact) mass is 172 g/mol. The number of nitro groups is 1. The van der Waals surface area contributed by atoms with Crippen LogP contribution in [0.5, 0.6) is 0 Å². The van der Waals surface area contributed by atoms with E-state index in [1.165, 1.54) is 11.8 Å². The lowest BCUT2D eigenvalue weighted by atomic mass is 10.7. The molecule has 11 heavy (non-hydrogen) atoms. The summed E-state index contributed by atoms with van der Waals surface area (Å²) in [5.41, 5.74) is 0. The fourth-order valence-corrected chi connectivity index (χ4v) is 0.812. The van der Waals surface area contributed by atoms with Crippen molar-refractivity contribution in [3.05, 3.63) is 21.3 Å². The Kier molecular flexibility index (Phi) is 5.03. The number of nitrogens with one attached hydrogen (secondary N) is 1. The molecule has 5 heteroatoms. The van der Waals surface area contributed by atoms with E-state index in [-0.39, 0.29) is 0 Å². The Morgan fingerprint density at radius 3 is 3.00 bits per heavy atom. The Balaban J connectivity index is 3.96. The molecule has 0 bridgehead atoms. The minimum atomic E-state index is -0.519. The van der Waals surface area contributed by atoms with Crippen molar-refractivity contribution in [3.63, 3.8) is 0 Å². The van der Waals surface area contributed by atoms with Gasteiger partial charge < -0.3 is 5.32 Å². The summed E-state index contributed by atoms with van der Waals surface area (Å²) >= 11 is 1.25. The van der Waals surface area contributed by atoms with Crippen molar-refractivity contribution in [3.8, 4) is 12.3 Å². The highest BCUT2D eigenvalue weighted by molar-refractivity contribution is 8.02. The molecule has 0 aliphatic carbocycles. The van der Waals surface area contributed by atoms with Gasteiger partial charge in [0.05, 0.1) is 11.5 Å². The predicted molar refractivity (Wildman–Crippen MR) is 45.4 cm³/mol. The van der Waals surface area contributed by atoms with E-state index in [9.17, 15) is 10.1 Å². The molecule has 0 rings (SSSR count). The zero-order chi connectivity index (χ0) is 8.69. The summed E-state index contributed by atoms with van der Waals surface area (Å²) in [7, 11) is 0. The van der Waals surface area contributed by atoms with E-state index in [1.54, 1.807) is 6.26 Å². The molecular weight excluding hydrogens is 164 g/mol. The fraction of sp³-hybridized carbons (Fsp3) is 0.333. The van der Waals surface area contributed by atoms with E-state index in [0.29, 0.717) is 11.6 Å². The first-order valence-electron chi connectivity index (χ1n) is 2.77. The van der Waals surface area contributed by atoms with Crippen LogP contribution in [-0.2, 0) is 0 Å². The second-order valence-corrected chi connectivity index (χ2v) is 2.39. The van der Waals surface area contributed by atoms with Gasteiger partial charge >= 0.3 is 0 Å². The lowest BCUT2D eigenvalue weighted by Crippen LogP contribution is -2.11. The van der Waals surface area contributed by atoms with Gasteiger partial charge in [0.15, 0.2) is 0 Å². The molecule has 0 fully saturated rings. The van der Waals surface area contributed by atoms with E-state index >= 15 is 0 Å². The fourth-order valence-electron chi connectivity index (χ4n) is 0.404. The van der Waals surface area contributed by atoms with Gasteiger partial charge in [0.1, 0.15) is 5.03 Å². The molecule has 0 aliphatic rings. The van der Waals surface area contributed by atoms with Gasteiger partial charge in [-0.15, -0.1) is 18.2 Å². The average molecular weight is 172 g/mol. The normalized spacial score (nSPS) is 10.4. The Morgan fingerprint density at radius 2 is 2.64 bits per heavy atom. The maximum Gasteiger partial charge on any atom is 0.263 e. The molecule has 0 radical (unpaired) electrons. The molecule has 0 atom stereocenters. The van der Waals surface area contributed by atoms with Crippen molar-refractivity contribution in [2.45, 2.75) is 0 Å². The Bertz CT molecular complexity index is 207. The average Bonchev–Trinajstić information content (AvgIpc) is 1.97.